The van der Waals surface area contributed by atoms with Crippen LogP contribution in [-0.4, -0.2) is 47.4 Å². The maximum Gasteiger partial charge on any atom is 0.305 e. The Labute approximate surface area is 546 Å². The number of allylic oxidation sites excluding steroid dienone is 2. The molecule has 87 heavy (non-hydrogen) atoms. The summed E-state index contributed by atoms with van der Waals surface area (Å²) in [5.74, 6) is 0.0000787. The van der Waals surface area contributed by atoms with Crippen LogP contribution < -0.4 is 5.32 Å². The molecule has 0 radical (unpaired) electrons. The van der Waals surface area contributed by atoms with E-state index in [-0.39, 0.29) is 18.5 Å². The second-order valence-corrected chi connectivity index (χ2v) is 28.1. The molecule has 0 aliphatic carbocycles. The summed E-state index contributed by atoms with van der Waals surface area (Å²) < 4.78 is 5.52. The number of aliphatic hydroxyl groups is 2. The smallest absolute Gasteiger partial charge is 0.305 e. The first kappa shape index (κ1) is 85.6. The summed E-state index contributed by atoms with van der Waals surface area (Å²) in [4.78, 5) is 24.6. The third kappa shape index (κ3) is 73.5. The van der Waals surface area contributed by atoms with E-state index in [2.05, 4.69) is 31.3 Å². The Bertz CT molecular complexity index is 1320. The van der Waals surface area contributed by atoms with Crippen molar-refractivity contribution in [2.45, 2.75) is 482 Å². The van der Waals surface area contributed by atoms with Crippen molar-refractivity contribution >= 4 is 11.9 Å². The Balaban J connectivity index is 3.30. The highest BCUT2D eigenvalue weighted by Gasteiger charge is 2.20. The highest BCUT2D eigenvalue weighted by atomic mass is 16.5. The van der Waals surface area contributed by atoms with E-state index in [1.165, 1.54) is 398 Å². The number of amides is 1. The van der Waals surface area contributed by atoms with Crippen LogP contribution in [0.15, 0.2) is 12.2 Å². The van der Waals surface area contributed by atoms with E-state index in [0.717, 1.165) is 38.5 Å². The van der Waals surface area contributed by atoms with Crippen LogP contribution in [0.4, 0.5) is 0 Å². The first-order chi connectivity index (χ1) is 43.0. The topological polar surface area (TPSA) is 95.9 Å². The Morgan fingerprint density at radius 2 is 0.540 bits per heavy atom. The van der Waals surface area contributed by atoms with Crippen molar-refractivity contribution in [2.24, 2.45) is 0 Å². The molecule has 2 atom stereocenters. The van der Waals surface area contributed by atoms with E-state index in [1.54, 1.807) is 0 Å². The molecule has 1 amide bonds. The van der Waals surface area contributed by atoms with Crippen molar-refractivity contribution in [3.8, 4) is 0 Å². The van der Waals surface area contributed by atoms with Crippen molar-refractivity contribution in [1.29, 1.82) is 0 Å². The van der Waals surface area contributed by atoms with E-state index >= 15 is 0 Å². The van der Waals surface area contributed by atoms with Gasteiger partial charge in [0.2, 0.25) is 5.91 Å². The minimum absolute atomic E-state index is 0.0270. The van der Waals surface area contributed by atoms with Gasteiger partial charge in [-0.25, -0.2) is 0 Å². The standard InChI is InChI=1S/C81H159NO5/c1-3-5-7-9-11-13-15-17-19-20-43-47-51-55-59-63-67-71-75-81(86)87-76-72-68-64-60-56-52-48-44-41-39-37-35-33-31-29-27-25-23-21-22-24-26-28-30-32-34-36-38-40-42-46-50-54-58-62-66-70-74-80(85)82-78(77-83)79(84)73-69-65-61-57-53-49-45-18-16-14-12-10-8-6-4-2/h21,23,78-79,83-84H,3-20,22,24-77H2,1-2H3,(H,82,85)/b23-21-. The normalized spacial score (nSPS) is 12.5. The number of hydrogen-bond acceptors (Lipinski definition) is 5. The molecule has 0 fully saturated rings. The van der Waals surface area contributed by atoms with Crippen molar-refractivity contribution in [3.05, 3.63) is 12.2 Å². The molecule has 0 aliphatic heterocycles. The highest BCUT2D eigenvalue weighted by Crippen LogP contribution is 2.20. The molecule has 518 valence electrons. The van der Waals surface area contributed by atoms with Crippen molar-refractivity contribution in [2.75, 3.05) is 13.2 Å². The minimum Gasteiger partial charge on any atom is -0.466 e. The Kier molecular flexibility index (Phi) is 75.8. The van der Waals surface area contributed by atoms with Crippen LogP contribution in [0.5, 0.6) is 0 Å². The van der Waals surface area contributed by atoms with Crippen molar-refractivity contribution in [3.63, 3.8) is 0 Å². The third-order valence-corrected chi connectivity index (χ3v) is 19.3. The van der Waals surface area contributed by atoms with Gasteiger partial charge >= 0.3 is 5.97 Å². The number of hydrogen-bond donors (Lipinski definition) is 3. The van der Waals surface area contributed by atoms with E-state index < -0.39 is 12.1 Å². The van der Waals surface area contributed by atoms with Gasteiger partial charge in [0.25, 0.3) is 0 Å². The van der Waals surface area contributed by atoms with Crippen LogP contribution in [0, 0.1) is 0 Å². The molecule has 6 nitrogen and oxygen atoms in total. The molecule has 0 spiro atoms. The lowest BCUT2D eigenvalue weighted by Gasteiger charge is -2.22. The largest absolute Gasteiger partial charge is 0.466 e. The van der Waals surface area contributed by atoms with Gasteiger partial charge in [-0.2, -0.15) is 0 Å². The molecular weight excluding hydrogens is 1070 g/mol. The molecule has 0 saturated heterocycles. The number of esters is 1. The molecule has 0 aromatic rings. The zero-order valence-corrected chi connectivity index (χ0v) is 59.5. The van der Waals surface area contributed by atoms with E-state index in [9.17, 15) is 19.8 Å². The van der Waals surface area contributed by atoms with Gasteiger partial charge in [0.1, 0.15) is 0 Å². The fraction of sp³-hybridized carbons (Fsp3) is 0.951. The predicted octanol–water partition coefficient (Wildman–Crippen LogP) is 26.7. The molecule has 0 heterocycles. The van der Waals surface area contributed by atoms with E-state index in [1.807, 2.05) is 0 Å². The molecular formula is C81H159NO5. The molecule has 0 saturated carbocycles. The second kappa shape index (κ2) is 77.1. The fourth-order valence-corrected chi connectivity index (χ4v) is 13.2. The molecule has 0 aromatic heterocycles. The number of carbonyl (C=O) groups is 2. The Morgan fingerprint density at radius 3 is 0.816 bits per heavy atom. The zero-order valence-electron chi connectivity index (χ0n) is 59.5. The van der Waals surface area contributed by atoms with E-state index in [0.29, 0.717) is 25.9 Å². The summed E-state index contributed by atoms with van der Waals surface area (Å²) in [6.45, 7) is 5.01. The average molecular weight is 1230 g/mol. The quantitative estimate of drug-likeness (QED) is 0.0320. The van der Waals surface area contributed by atoms with Crippen molar-refractivity contribution < 1.29 is 24.5 Å². The zero-order chi connectivity index (χ0) is 62.8. The van der Waals surface area contributed by atoms with Crippen LogP contribution in [0.2, 0.25) is 0 Å². The Morgan fingerprint density at radius 1 is 0.310 bits per heavy atom. The summed E-state index contributed by atoms with van der Waals surface area (Å²) in [6, 6.07) is -0.538. The van der Waals surface area contributed by atoms with Crippen LogP contribution in [0.1, 0.15) is 470 Å². The Hall–Kier alpha value is -1.40. The number of ether oxygens (including phenoxy) is 1. The molecule has 6 heteroatoms. The van der Waals surface area contributed by atoms with Gasteiger partial charge in [-0.1, -0.05) is 418 Å². The van der Waals surface area contributed by atoms with Gasteiger partial charge in [-0.3, -0.25) is 9.59 Å². The first-order valence-corrected chi connectivity index (χ1v) is 40.4. The first-order valence-electron chi connectivity index (χ1n) is 40.4. The third-order valence-electron chi connectivity index (χ3n) is 19.3. The van der Waals surface area contributed by atoms with Gasteiger partial charge in [-0.05, 0) is 51.4 Å². The highest BCUT2D eigenvalue weighted by molar-refractivity contribution is 5.76. The SMILES string of the molecule is CCCCCCCCCCCCCCCCCCCCC(=O)OCCCCCCCCCCCCCCCCCC/C=C\CCCCCCCCCCCCCCCCCCCC(=O)NC(CO)C(O)CCCCCCCCCCCCCCCCC. The molecule has 2 unspecified atom stereocenters. The second-order valence-electron chi connectivity index (χ2n) is 28.1. The maximum absolute atomic E-state index is 12.5. The summed E-state index contributed by atoms with van der Waals surface area (Å²) in [5.41, 5.74) is 0. The van der Waals surface area contributed by atoms with Crippen LogP contribution in [-0.2, 0) is 14.3 Å². The predicted molar refractivity (Wildman–Crippen MR) is 384 cm³/mol. The molecule has 3 N–H and O–H groups in total. The molecule has 0 rings (SSSR count). The van der Waals surface area contributed by atoms with E-state index in [4.69, 9.17) is 4.74 Å². The lowest BCUT2D eigenvalue weighted by atomic mass is 10.0. The van der Waals surface area contributed by atoms with Crippen LogP contribution >= 0.6 is 0 Å². The average Bonchev–Trinajstić information content (AvgIpc) is 3.56. The lowest BCUT2D eigenvalue weighted by molar-refractivity contribution is -0.143. The maximum atomic E-state index is 12.5. The molecule has 0 aliphatic rings. The lowest BCUT2D eigenvalue weighted by Crippen LogP contribution is -2.45. The van der Waals surface area contributed by atoms with Gasteiger partial charge in [0.15, 0.2) is 0 Å². The number of carbonyl (C=O) groups excluding carboxylic acids is 2. The van der Waals surface area contributed by atoms with Gasteiger partial charge in [0.05, 0.1) is 25.4 Å². The number of aliphatic hydroxyl groups excluding tert-OH is 2. The summed E-state index contributed by atoms with van der Waals surface area (Å²) >= 11 is 0. The van der Waals surface area contributed by atoms with Gasteiger partial charge in [0, 0.05) is 12.8 Å². The van der Waals surface area contributed by atoms with Crippen LogP contribution in [0.3, 0.4) is 0 Å². The van der Waals surface area contributed by atoms with Crippen molar-refractivity contribution in [1.82, 2.24) is 5.32 Å². The number of rotatable bonds is 77. The molecule has 0 bridgehead atoms. The minimum atomic E-state index is -0.661. The summed E-state index contributed by atoms with van der Waals surface area (Å²) in [7, 11) is 0. The summed E-state index contributed by atoms with van der Waals surface area (Å²) in [6.07, 6.45) is 97.5. The monoisotopic (exact) mass is 1230 g/mol. The van der Waals surface area contributed by atoms with Gasteiger partial charge < -0.3 is 20.3 Å². The number of unbranched alkanes of at least 4 members (excludes halogenated alkanes) is 64. The summed E-state index contributed by atoms with van der Waals surface area (Å²) in [5, 5.41) is 23.4. The van der Waals surface area contributed by atoms with Crippen LogP contribution in [0.25, 0.3) is 0 Å². The van der Waals surface area contributed by atoms with Gasteiger partial charge in [-0.15, -0.1) is 0 Å². The fourth-order valence-electron chi connectivity index (χ4n) is 13.2. The number of nitrogens with one attached hydrogen (secondary N) is 1. The molecule has 0 aromatic carbocycles.